The van der Waals surface area contributed by atoms with E-state index in [1.807, 2.05) is 24.3 Å². The molecule has 130 valence electrons. The molecule has 3 N–H and O–H groups in total. The number of carbonyl (C=O) groups excluding carboxylic acids is 2. The molecular formula is C19H26N2O3. The summed E-state index contributed by atoms with van der Waals surface area (Å²) in [5.74, 6) is -0.296. The van der Waals surface area contributed by atoms with Crippen molar-refractivity contribution in [3.05, 3.63) is 35.4 Å². The third-order valence-electron chi connectivity index (χ3n) is 5.45. The Balaban J connectivity index is 1.69. The topological polar surface area (TPSA) is 83.6 Å². The summed E-state index contributed by atoms with van der Waals surface area (Å²) in [6, 6.07) is 7.83. The largest absolute Gasteiger partial charge is 0.378 e. The van der Waals surface area contributed by atoms with Gasteiger partial charge in [-0.2, -0.15) is 0 Å². The van der Waals surface area contributed by atoms with E-state index < -0.39 is 11.5 Å². The fraction of sp³-hybridized carbons (Fsp3) is 0.579. The fourth-order valence-corrected chi connectivity index (χ4v) is 3.93. The van der Waals surface area contributed by atoms with Gasteiger partial charge in [0.15, 0.2) is 5.60 Å². The molecule has 5 heteroatoms. The van der Waals surface area contributed by atoms with Gasteiger partial charge in [0.2, 0.25) is 0 Å². The van der Waals surface area contributed by atoms with Crippen molar-refractivity contribution in [3.8, 4) is 0 Å². The molecule has 1 aromatic rings. The van der Waals surface area contributed by atoms with Crippen LogP contribution in [0.1, 0.15) is 66.8 Å². The number of carbonyl (C=O) groups is 2. The number of hydrogen-bond acceptors (Lipinski definition) is 3. The first-order valence-electron chi connectivity index (χ1n) is 8.91. The lowest BCUT2D eigenvalue weighted by molar-refractivity contribution is -0.140. The van der Waals surface area contributed by atoms with Crippen LogP contribution in [-0.2, 0) is 4.79 Å². The maximum atomic E-state index is 12.7. The number of rotatable bonds is 3. The molecular weight excluding hydrogens is 304 g/mol. The van der Waals surface area contributed by atoms with Crippen LogP contribution in [0.3, 0.4) is 0 Å². The van der Waals surface area contributed by atoms with E-state index in [4.69, 9.17) is 5.73 Å². The molecule has 0 radical (unpaired) electrons. The summed E-state index contributed by atoms with van der Waals surface area (Å²) in [5.41, 5.74) is 5.58. The monoisotopic (exact) mass is 330 g/mol. The summed E-state index contributed by atoms with van der Waals surface area (Å²) in [4.78, 5) is 25.6. The van der Waals surface area contributed by atoms with Crippen LogP contribution in [0.2, 0.25) is 0 Å². The van der Waals surface area contributed by atoms with Crippen molar-refractivity contribution in [3.63, 3.8) is 0 Å². The minimum absolute atomic E-state index is 0.0223. The number of amides is 2. The van der Waals surface area contributed by atoms with Gasteiger partial charge in [-0.05, 0) is 49.3 Å². The molecule has 24 heavy (non-hydrogen) atoms. The van der Waals surface area contributed by atoms with E-state index in [9.17, 15) is 14.7 Å². The number of hydrogen-bond donors (Lipinski definition) is 2. The molecule has 0 spiro atoms. The summed E-state index contributed by atoms with van der Waals surface area (Å²) >= 11 is 0. The molecule has 1 atom stereocenters. The Morgan fingerprint density at radius 1 is 1.08 bits per heavy atom. The number of β-amino-alcohol motifs (C(OH)–C–C–N with tert-alkyl or cyclic N) is 1. The van der Waals surface area contributed by atoms with Gasteiger partial charge in [0.05, 0.1) is 6.54 Å². The second-order valence-corrected chi connectivity index (χ2v) is 7.18. The summed E-state index contributed by atoms with van der Waals surface area (Å²) < 4.78 is 0. The summed E-state index contributed by atoms with van der Waals surface area (Å²) in [6.45, 7) is 0.518. The Kier molecular flexibility index (Phi) is 4.90. The van der Waals surface area contributed by atoms with Crippen molar-refractivity contribution >= 4 is 11.8 Å². The number of piperidine rings is 1. The van der Waals surface area contributed by atoms with Gasteiger partial charge in [-0.3, -0.25) is 9.59 Å². The summed E-state index contributed by atoms with van der Waals surface area (Å²) in [6.07, 6.45) is 7.23. The van der Waals surface area contributed by atoms with Gasteiger partial charge in [0, 0.05) is 12.1 Å². The molecule has 1 aromatic carbocycles. The lowest BCUT2D eigenvalue weighted by Crippen LogP contribution is -2.57. The minimum Gasteiger partial charge on any atom is -0.378 e. The van der Waals surface area contributed by atoms with Crippen molar-refractivity contribution in [1.82, 2.24) is 4.90 Å². The zero-order valence-corrected chi connectivity index (χ0v) is 14.0. The molecule has 1 saturated heterocycles. The number of primary amides is 1. The molecule has 2 aliphatic rings. The van der Waals surface area contributed by atoms with Crippen LogP contribution in [0, 0.1) is 0 Å². The average Bonchev–Trinajstić information content (AvgIpc) is 2.62. The molecule has 2 amide bonds. The maximum Gasteiger partial charge on any atom is 0.253 e. The van der Waals surface area contributed by atoms with Crippen molar-refractivity contribution in [2.24, 2.45) is 5.73 Å². The molecule has 2 fully saturated rings. The zero-order valence-electron chi connectivity index (χ0n) is 14.0. The van der Waals surface area contributed by atoms with Crippen LogP contribution in [-0.4, -0.2) is 40.5 Å². The first kappa shape index (κ1) is 17.0. The Bertz CT molecular complexity index is 608. The van der Waals surface area contributed by atoms with Gasteiger partial charge in [-0.1, -0.05) is 31.4 Å². The van der Waals surface area contributed by atoms with Crippen LogP contribution in [0.4, 0.5) is 0 Å². The van der Waals surface area contributed by atoms with E-state index in [2.05, 4.69) is 0 Å². The van der Waals surface area contributed by atoms with Crippen LogP contribution >= 0.6 is 0 Å². The van der Waals surface area contributed by atoms with Crippen molar-refractivity contribution < 1.29 is 14.7 Å². The average molecular weight is 330 g/mol. The molecule has 1 saturated carbocycles. The lowest BCUT2D eigenvalue weighted by atomic mass is 9.84. The molecule has 1 aliphatic heterocycles. The highest BCUT2D eigenvalue weighted by molar-refractivity contribution is 5.95. The Morgan fingerprint density at radius 2 is 1.75 bits per heavy atom. The lowest BCUT2D eigenvalue weighted by Gasteiger charge is -2.37. The zero-order chi connectivity index (χ0) is 17.2. The Labute approximate surface area is 142 Å². The number of aliphatic hydroxyl groups is 1. The Morgan fingerprint density at radius 3 is 2.38 bits per heavy atom. The van der Waals surface area contributed by atoms with Gasteiger partial charge in [-0.25, -0.2) is 0 Å². The SMILES string of the molecule is NC(=O)[C@]1(O)CCCN(C(=O)c2ccc(C3CCCCC3)cc2)C1. The van der Waals surface area contributed by atoms with Gasteiger partial charge in [-0.15, -0.1) is 0 Å². The summed E-state index contributed by atoms with van der Waals surface area (Å²) in [5, 5.41) is 10.3. The van der Waals surface area contributed by atoms with E-state index in [0.717, 1.165) is 0 Å². The smallest absolute Gasteiger partial charge is 0.253 e. The third kappa shape index (κ3) is 3.46. The highest BCUT2D eigenvalue weighted by Gasteiger charge is 2.40. The molecule has 3 rings (SSSR count). The molecule has 0 unspecified atom stereocenters. The number of nitrogens with zero attached hydrogens (tertiary/aromatic N) is 1. The van der Waals surface area contributed by atoms with Crippen LogP contribution in [0.15, 0.2) is 24.3 Å². The molecule has 1 aliphatic carbocycles. The predicted molar refractivity (Wildman–Crippen MR) is 91.5 cm³/mol. The number of likely N-dealkylation sites (tertiary alicyclic amines) is 1. The highest BCUT2D eigenvalue weighted by atomic mass is 16.3. The van der Waals surface area contributed by atoms with Gasteiger partial charge in [0.25, 0.3) is 11.8 Å². The van der Waals surface area contributed by atoms with Crippen molar-refractivity contribution in [1.29, 1.82) is 0 Å². The van der Waals surface area contributed by atoms with Crippen LogP contribution < -0.4 is 5.73 Å². The molecule has 5 nitrogen and oxygen atoms in total. The quantitative estimate of drug-likeness (QED) is 0.891. The normalized spacial score (nSPS) is 25.5. The van der Waals surface area contributed by atoms with E-state index in [1.54, 1.807) is 0 Å². The first-order chi connectivity index (χ1) is 11.5. The second-order valence-electron chi connectivity index (χ2n) is 7.18. The van der Waals surface area contributed by atoms with E-state index in [-0.39, 0.29) is 12.5 Å². The minimum atomic E-state index is -1.60. The van der Waals surface area contributed by atoms with E-state index in [0.29, 0.717) is 30.9 Å². The van der Waals surface area contributed by atoms with Crippen molar-refractivity contribution in [2.45, 2.75) is 56.5 Å². The van der Waals surface area contributed by atoms with Gasteiger partial charge >= 0.3 is 0 Å². The van der Waals surface area contributed by atoms with Crippen LogP contribution in [0.25, 0.3) is 0 Å². The van der Waals surface area contributed by atoms with Crippen molar-refractivity contribution in [2.75, 3.05) is 13.1 Å². The second kappa shape index (κ2) is 6.93. The Hall–Kier alpha value is -1.88. The number of nitrogens with two attached hydrogens (primary N) is 1. The summed E-state index contributed by atoms with van der Waals surface area (Å²) in [7, 11) is 0. The fourth-order valence-electron chi connectivity index (χ4n) is 3.93. The predicted octanol–water partition coefficient (Wildman–Crippen LogP) is 2.19. The molecule has 1 heterocycles. The van der Waals surface area contributed by atoms with E-state index in [1.165, 1.54) is 42.6 Å². The maximum absolute atomic E-state index is 12.7. The molecule has 0 aromatic heterocycles. The van der Waals surface area contributed by atoms with Gasteiger partial charge in [0.1, 0.15) is 0 Å². The third-order valence-corrected chi connectivity index (χ3v) is 5.45. The first-order valence-corrected chi connectivity index (χ1v) is 8.91. The van der Waals surface area contributed by atoms with Crippen LogP contribution in [0.5, 0.6) is 0 Å². The van der Waals surface area contributed by atoms with E-state index >= 15 is 0 Å². The number of benzene rings is 1. The van der Waals surface area contributed by atoms with Gasteiger partial charge < -0.3 is 15.7 Å². The highest BCUT2D eigenvalue weighted by Crippen LogP contribution is 2.32. The standard InChI is InChI=1S/C19H26N2O3/c20-18(23)19(24)11-4-12-21(13-19)17(22)16-9-7-15(8-10-16)14-5-2-1-3-6-14/h7-10,14,24H,1-6,11-13H2,(H2,20,23)/t19-/m0/s1. The molecule has 0 bridgehead atoms.